The second kappa shape index (κ2) is 5.05. The predicted molar refractivity (Wildman–Crippen MR) is 75.0 cm³/mol. The van der Waals surface area contributed by atoms with Crippen molar-refractivity contribution in [1.82, 2.24) is 14.1 Å². The number of rotatable bonds is 4. The molecule has 0 saturated carbocycles. The van der Waals surface area contributed by atoms with Gasteiger partial charge in [0, 0.05) is 30.0 Å². The van der Waals surface area contributed by atoms with Gasteiger partial charge in [-0.2, -0.15) is 0 Å². The number of benzene rings is 1. The summed E-state index contributed by atoms with van der Waals surface area (Å²) in [5.41, 5.74) is 1.45. The zero-order valence-corrected chi connectivity index (χ0v) is 11.7. The molecule has 0 unspecified atom stereocenters. The van der Waals surface area contributed by atoms with Crippen LogP contribution >= 0.6 is 15.9 Å². The summed E-state index contributed by atoms with van der Waals surface area (Å²) in [6, 6.07) is 5.61. The van der Waals surface area contributed by atoms with Gasteiger partial charge >= 0.3 is 5.76 Å². The number of hydrogen-bond donors (Lipinski definition) is 0. The molecule has 0 N–H and O–H groups in total. The number of aromatic nitrogens is 3. The Kier molecular flexibility index (Phi) is 3.25. The van der Waals surface area contributed by atoms with Crippen molar-refractivity contribution in [3.05, 3.63) is 51.9 Å². The molecule has 2 aromatic heterocycles. The molecule has 3 aromatic rings. The Labute approximate surface area is 117 Å². The maximum absolute atomic E-state index is 11.8. The van der Waals surface area contributed by atoms with E-state index in [4.69, 9.17) is 4.42 Å². The van der Waals surface area contributed by atoms with Crippen molar-refractivity contribution < 1.29 is 4.42 Å². The Bertz CT molecular complexity index is 743. The number of aryl methyl sites for hydroxylation is 2. The third-order valence-corrected chi connectivity index (χ3v) is 3.48. The summed E-state index contributed by atoms with van der Waals surface area (Å²) >= 11 is 3.36. The molecule has 19 heavy (non-hydrogen) atoms. The van der Waals surface area contributed by atoms with E-state index in [0.717, 1.165) is 23.0 Å². The van der Waals surface area contributed by atoms with Crippen molar-refractivity contribution in [1.29, 1.82) is 0 Å². The Balaban J connectivity index is 1.80. The van der Waals surface area contributed by atoms with E-state index in [0.29, 0.717) is 12.1 Å². The van der Waals surface area contributed by atoms with Crippen molar-refractivity contribution in [3.63, 3.8) is 0 Å². The lowest BCUT2D eigenvalue weighted by Gasteiger charge is -2.03. The third kappa shape index (κ3) is 2.49. The second-order valence-electron chi connectivity index (χ2n) is 4.29. The molecule has 2 heterocycles. The first kappa shape index (κ1) is 12.2. The van der Waals surface area contributed by atoms with Crippen LogP contribution in [0.4, 0.5) is 0 Å². The van der Waals surface area contributed by atoms with E-state index in [9.17, 15) is 4.79 Å². The zero-order chi connectivity index (χ0) is 13.2. The van der Waals surface area contributed by atoms with Crippen molar-refractivity contribution in [2.75, 3.05) is 0 Å². The lowest BCUT2D eigenvalue weighted by Crippen LogP contribution is -2.15. The SMILES string of the molecule is O=c1oc2cc(Br)ccc2n1CCCn1ccnc1. The van der Waals surface area contributed by atoms with Gasteiger partial charge in [-0.05, 0) is 24.6 Å². The molecular formula is C13H12BrN3O2. The number of halogens is 1. The van der Waals surface area contributed by atoms with Crippen LogP contribution in [0.5, 0.6) is 0 Å². The van der Waals surface area contributed by atoms with Gasteiger partial charge in [-0.1, -0.05) is 15.9 Å². The molecule has 3 rings (SSSR count). The van der Waals surface area contributed by atoms with Gasteiger partial charge in [0.25, 0.3) is 0 Å². The quantitative estimate of drug-likeness (QED) is 0.742. The van der Waals surface area contributed by atoms with Gasteiger partial charge in [0.05, 0.1) is 11.8 Å². The molecule has 1 aromatic carbocycles. The molecule has 6 heteroatoms. The monoisotopic (exact) mass is 321 g/mol. The highest BCUT2D eigenvalue weighted by molar-refractivity contribution is 9.10. The first-order valence-electron chi connectivity index (χ1n) is 5.99. The molecule has 98 valence electrons. The van der Waals surface area contributed by atoms with E-state index in [2.05, 4.69) is 20.9 Å². The zero-order valence-electron chi connectivity index (χ0n) is 10.1. The summed E-state index contributed by atoms with van der Waals surface area (Å²) in [5, 5.41) is 0. The molecule has 5 nitrogen and oxygen atoms in total. The van der Waals surface area contributed by atoms with Gasteiger partial charge in [0.2, 0.25) is 0 Å². The standard InChI is InChI=1S/C13H12BrN3O2/c14-10-2-3-11-12(8-10)19-13(18)17(11)6-1-5-16-7-4-15-9-16/h2-4,7-9H,1,5-6H2. The lowest BCUT2D eigenvalue weighted by molar-refractivity contribution is 0.483. The van der Waals surface area contributed by atoms with E-state index < -0.39 is 0 Å². The second-order valence-corrected chi connectivity index (χ2v) is 5.20. The van der Waals surface area contributed by atoms with Gasteiger partial charge in [-0.3, -0.25) is 4.57 Å². The van der Waals surface area contributed by atoms with Crippen molar-refractivity contribution in [3.8, 4) is 0 Å². The summed E-state index contributed by atoms with van der Waals surface area (Å²) < 4.78 is 9.78. The Morgan fingerprint density at radius 1 is 1.32 bits per heavy atom. The van der Waals surface area contributed by atoms with Gasteiger partial charge < -0.3 is 8.98 Å². The fourth-order valence-corrected chi connectivity index (χ4v) is 2.42. The van der Waals surface area contributed by atoms with Crippen LogP contribution in [0, 0.1) is 0 Å². The number of hydrogen-bond acceptors (Lipinski definition) is 3. The molecule has 0 aliphatic carbocycles. The first-order chi connectivity index (χ1) is 9.24. The van der Waals surface area contributed by atoms with Gasteiger partial charge in [0.15, 0.2) is 5.58 Å². The fourth-order valence-electron chi connectivity index (χ4n) is 2.08. The number of fused-ring (bicyclic) bond motifs is 1. The minimum atomic E-state index is -0.307. The van der Waals surface area contributed by atoms with E-state index in [1.54, 1.807) is 17.1 Å². The van der Waals surface area contributed by atoms with Crippen molar-refractivity contribution in [2.45, 2.75) is 19.5 Å². The molecule has 0 spiro atoms. The highest BCUT2D eigenvalue weighted by atomic mass is 79.9. The summed E-state index contributed by atoms with van der Waals surface area (Å²) in [4.78, 5) is 15.8. The minimum Gasteiger partial charge on any atom is -0.408 e. The smallest absolute Gasteiger partial charge is 0.408 e. The van der Waals surface area contributed by atoms with E-state index >= 15 is 0 Å². The molecular weight excluding hydrogens is 310 g/mol. The minimum absolute atomic E-state index is 0.307. The van der Waals surface area contributed by atoms with Crippen LogP contribution in [0.3, 0.4) is 0 Å². The molecule has 0 atom stereocenters. The van der Waals surface area contributed by atoms with Crippen LogP contribution in [0.25, 0.3) is 11.1 Å². The average molecular weight is 322 g/mol. The molecule has 0 amide bonds. The van der Waals surface area contributed by atoms with E-state index in [1.165, 1.54) is 0 Å². The first-order valence-corrected chi connectivity index (χ1v) is 6.78. The summed E-state index contributed by atoms with van der Waals surface area (Å²) in [6.45, 7) is 1.46. The van der Waals surface area contributed by atoms with Crippen LogP contribution < -0.4 is 5.76 Å². The van der Waals surface area contributed by atoms with Gasteiger partial charge in [0.1, 0.15) is 0 Å². The normalized spacial score (nSPS) is 11.2. The Hall–Kier alpha value is -1.82. The van der Waals surface area contributed by atoms with E-state index in [1.807, 2.05) is 29.0 Å². The molecule has 0 aliphatic rings. The Morgan fingerprint density at radius 2 is 2.21 bits per heavy atom. The van der Waals surface area contributed by atoms with E-state index in [-0.39, 0.29) is 5.76 Å². The van der Waals surface area contributed by atoms with Gasteiger partial charge in [-0.25, -0.2) is 9.78 Å². The third-order valence-electron chi connectivity index (χ3n) is 2.99. The molecule has 0 saturated heterocycles. The van der Waals surface area contributed by atoms with Crippen molar-refractivity contribution in [2.24, 2.45) is 0 Å². The largest absolute Gasteiger partial charge is 0.419 e. The van der Waals surface area contributed by atoms with Crippen LogP contribution in [-0.4, -0.2) is 14.1 Å². The topological polar surface area (TPSA) is 53.0 Å². The Morgan fingerprint density at radius 3 is 3.00 bits per heavy atom. The molecule has 0 aliphatic heterocycles. The maximum Gasteiger partial charge on any atom is 0.419 e. The molecule has 0 radical (unpaired) electrons. The van der Waals surface area contributed by atoms with Crippen LogP contribution in [0.1, 0.15) is 6.42 Å². The van der Waals surface area contributed by atoms with Crippen molar-refractivity contribution >= 4 is 27.0 Å². The highest BCUT2D eigenvalue weighted by Crippen LogP contribution is 2.19. The summed E-state index contributed by atoms with van der Waals surface area (Å²) in [5.74, 6) is -0.307. The molecule has 0 bridgehead atoms. The number of oxazole rings is 1. The fraction of sp³-hybridized carbons (Fsp3) is 0.231. The van der Waals surface area contributed by atoms with Crippen LogP contribution in [0.15, 0.2) is 50.6 Å². The summed E-state index contributed by atoms with van der Waals surface area (Å²) in [6.07, 6.45) is 6.28. The van der Waals surface area contributed by atoms with Gasteiger partial charge in [-0.15, -0.1) is 0 Å². The molecule has 0 fully saturated rings. The van der Waals surface area contributed by atoms with Crippen LogP contribution in [-0.2, 0) is 13.1 Å². The number of nitrogens with zero attached hydrogens (tertiary/aromatic N) is 3. The maximum atomic E-state index is 11.8. The number of imidazole rings is 1. The predicted octanol–water partition coefficient (Wildman–Crippen LogP) is 2.64. The average Bonchev–Trinajstić information content (AvgIpc) is 2.98. The highest BCUT2D eigenvalue weighted by Gasteiger charge is 2.08. The lowest BCUT2D eigenvalue weighted by atomic mass is 10.3. The van der Waals surface area contributed by atoms with Crippen LogP contribution in [0.2, 0.25) is 0 Å². The summed E-state index contributed by atoms with van der Waals surface area (Å²) in [7, 11) is 0.